The Morgan fingerprint density at radius 2 is 1.47 bits per heavy atom. The number of fused-ring (bicyclic) bond motifs is 5. The van der Waals surface area contributed by atoms with Crippen LogP contribution in [0.25, 0.3) is 0 Å². The largest absolute Gasteiger partial charge is 0.514 e. The molecule has 15 nitrogen and oxygen atoms in total. The smallest absolute Gasteiger partial charge is 0.429 e. The number of nitrogens with one attached hydrogen (secondary N) is 4. The summed E-state index contributed by atoms with van der Waals surface area (Å²) in [6.45, 7) is 17.2. The number of nitro benzene ring substituents is 1. The molecule has 4 aliphatic rings. The van der Waals surface area contributed by atoms with E-state index in [0.717, 1.165) is 53.9 Å². The normalized spacial score (nSPS) is 24.5. The fourth-order valence-electron chi connectivity index (χ4n) is 13.8. The Balaban J connectivity index is 0.821. The molecule has 0 heterocycles. The molecule has 0 aromatic heterocycles. The number of carbonyl (C=O) groups is 5. The molecule has 4 N–H and O–H groups in total. The summed E-state index contributed by atoms with van der Waals surface area (Å²) in [5.74, 6) is 3.33. The van der Waals surface area contributed by atoms with E-state index in [1.807, 2.05) is 44.2 Å². The zero-order chi connectivity index (χ0) is 56.0. The van der Waals surface area contributed by atoms with Crippen LogP contribution in [-0.2, 0) is 41.7 Å². The monoisotopic (exact) mass is 1070 g/mol. The van der Waals surface area contributed by atoms with E-state index >= 15 is 0 Å². The molecule has 15 heteroatoms. The number of hydrogen-bond acceptors (Lipinski definition) is 10. The van der Waals surface area contributed by atoms with E-state index < -0.39 is 40.9 Å². The Hall–Kier alpha value is -6.09. The molecule has 78 heavy (non-hydrogen) atoms. The number of hydrogen-bond donors (Lipinski definition) is 4. The number of anilines is 1. The van der Waals surface area contributed by atoms with Gasteiger partial charge in [0.25, 0.3) is 5.69 Å². The highest BCUT2D eigenvalue weighted by molar-refractivity contribution is 5.98. The summed E-state index contributed by atoms with van der Waals surface area (Å²) in [5.41, 5.74) is 4.06. The summed E-state index contributed by atoms with van der Waals surface area (Å²) >= 11 is 0. The molecule has 3 aromatic rings. The molecule has 3 fully saturated rings. The van der Waals surface area contributed by atoms with Gasteiger partial charge in [-0.15, -0.1) is 0 Å². The highest BCUT2D eigenvalue weighted by Crippen LogP contribution is 2.67. The third-order valence-electron chi connectivity index (χ3n) is 17.9. The summed E-state index contributed by atoms with van der Waals surface area (Å²) in [7, 11) is 0. The lowest BCUT2D eigenvalue weighted by Crippen LogP contribution is -2.53. The minimum absolute atomic E-state index is 0.0243. The van der Waals surface area contributed by atoms with E-state index in [0.29, 0.717) is 42.7 Å². The molecule has 4 aliphatic carbocycles. The van der Waals surface area contributed by atoms with Crippen molar-refractivity contribution in [2.24, 2.45) is 52.3 Å². The molecule has 0 aliphatic heterocycles. The second kappa shape index (κ2) is 27.7. The Bertz CT molecular complexity index is 2530. The van der Waals surface area contributed by atoms with Crippen molar-refractivity contribution in [3.63, 3.8) is 0 Å². The van der Waals surface area contributed by atoms with Gasteiger partial charge in [0.15, 0.2) is 0 Å². The van der Waals surface area contributed by atoms with E-state index in [9.17, 15) is 34.1 Å². The number of amides is 4. The fourth-order valence-corrected chi connectivity index (χ4v) is 13.8. The lowest BCUT2D eigenvalue weighted by molar-refractivity contribution is -0.384. The number of nitro groups is 1. The minimum atomic E-state index is -1.01. The molecule has 7 rings (SSSR count). The van der Waals surface area contributed by atoms with Gasteiger partial charge in [-0.3, -0.25) is 29.3 Å². The van der Waals surface area contributed by atoms with Crippen LogP contribution in [0.3, 0.4) is 0 Å². The average Bonchev–Trinajstić information content (AvgIpc) is 3.94. The molecule has 0 unspecified atom stereocenters. The number of carbonyl (C=O) groups excluding carboxylic acids is 5. The van der Waals surface area contributed by atoms with Crippen LogP contribution in [0.4, 0.5) is 16.2 Å². The predicted molar refractivity (Wildman–Crippen MR) is 302 cm³/mol. The van der Waals surface area contributed by atoms with Crippen molar-refractivity contribution >= 4 is 41.2 Å². The molecule has 3 aromatic carbocycles. The third kappa shape index (κ3) is 16.0. The molecule has 4 amide bonds. The van der Waals surface area contributed by atoms with Crippen molar-refractivity contribution in [1.82, 2.24) is 16.0 Å². The number of non-ortho nitro benzene ring substituents is 1. The number of ether oxygens (including phenoxy) is 3. The van der Waals surface area contributed by atoms with Gasteiger partial charge in [0.1, 0.15) is 24.4 Å². The summed E-state index contributed by atoms with van der Waals surface area (Å²) in [6.07, 6.45) is 17.0. The van der Waals surface area contributed by atoms with E-state index in [2.05, 4.69) is 62.0 Å². The number of rotatable bonds is 26. The van der Waals surface area contributed by atoms with E-state index in [1.165, 1.54) is 82.1 Å². The molecule has 424 valence electrons. The van der Waals surface area contributed by atoms with Crippen LogP contribution in [-0.4, -0.2) is 66.0 Å². The molecule has 10 atom stereocenters. The van der Waals surface area contributed by atoms with Gasteiger partial charge in [-0.05, 0) is 152 Å². The first-order valence-electron chi connectivity index (χ1n) is 29.0. The second-order valence-corrected chi connectivity index (χ2v) is 24.3. The van der Waals surface area contributed by atoms with Gasteiger partial charge in [-0.25, -0.2) is 4.79 Å². The Kier molecular flexibility index (Phi) is 21.1. The summed E-state index contributed by atoms with van der Waals surface area (Å²) < 4.78 is 16.7. The third-order valence-corrected chi connectivity index (χ3v) is 17.9. The second-order valence-electron chi connectivity index (χ2n) is 24.3. The van der Waals surface area contributed by atoms with Gasteiger partial charge in [-0.2, -0.15) is 0 Å². The summed E-state index contributed by atoms with van der Waals surface area (Å²) in [5, 5.41) is 22.4. The van der Waals surface area contributed by atoms with Crippen molar-refractivity contribution in [3.8, 4) is 5.75 Å². The standard InChI is InChI=1S/C63H87N5O10/c1-41(2)13-11-14-43(5)52-27-28-53-51-26-19-46-39-50(31-33-62(46,6)54(51)32-34-63(52,53)7)76-36-12-35-64-57(69)29-30-58(70)66-55(37-42(3)4)60(72)67-56(38-44-15-9-8-10-16-44)59(71)65-47-20-17-45(18-21-47)40-77-61(73)78-49-24-22-48(23-25-49)68(74)75/h8-10,15-25,41-43,50-56H,11-14,26-40H2,1-7H3,(H,64,69)(H,65,71)(H,66,70)(H,67,72)/t43-,50+,51+,52-,53+,54+,55+,56+,62+,63-/m1/s1. The summed E-state index contributed by atoms with van der Waals surface area (Å²) in [6, 6.07) is 18.9. The van der Waals surface area contributed by atoms with Crippen molar-refractivity contribution in [3.05, 3.63) is 112 Å². The van der Waals surface area contributed by atoms with Gasteiger partial charge in [0.05, 0.1) is 11.0 Å². The predicted octanol–water partition coefficient (Wildman–Crippen LogP) is 12.2. The van der Waals surface area contributed by atoms with Crippen molar-refractivity contribution < 1.29 is 43.1 Å². The first kappa shape index (κ1) is 59.6. The fraction of sp³-hybridized carbons (Fsp3) is 0.603. The van der Waals surface area contributed by atoms with Gasteiger partial charge in [0.2, 0.25) is 23.6 Å². The molecule has 3 saturated carbocycles. The van der Waals surface area contributed by atoms with E-state index in [4.69, 9.17) is 14.2 Å². The van der Waals surface area contributed by atoms with Gasteiger partial charge in [0, 0.05) is 50.2 Å². The number of benzene rings is 3. The maximum Gasteiger partial charge on any atom is 0.514 e. The van der Waals surface area contributed by atoms with Crippen LogP contribution < -0.4 is 26.0 Å². The van der Waals surface area contributed by atoms with Crippen LogP contribution in [0.5, 0.6) is 5.75 Å². The quantitative estimate of drug-likeness (QED) is 0.0149. The highest BCUT2D eigenvalue weighted by atomic mass is 16.7. The first-order valence-corrected chi connectivity index (χ1v) is 29.0. The molecule has 0 saturated heterocycles. The lowest BCUT2D eigenvalue weighted by atomic mass is 9.47. The SMILES string of the molecule is CC(C)CCC[C@@H](C)[C@H]1CC[C@H]2[C@@H]3CC=C4C[C@@H](OCCCNC(=O)CCC(=O)N[C@@H](CC(C)C)C(=O)N[C@@H](Cc5ccccc5)C(=O)Nc5ccc(COC(=O)Oc6ccc([N+](=O)[O-])cc6)cc5)CC[C@]4(C)[C@H]3CC[C@]12C. The van der Waals surface area contributed by atoms with E-state index in [1.54, 1.807) is 29.8 Å². The molecular formula is C63H87N5O10. The Morgan fingerprint density at radius 1 is 0.744 bits per heavy atom. The van der Waals surface area contributed by atoms with Crippen molar-refractivity contribution in [2.45, 2.75) is 176 Å². The minimum Gasteiger partial charge on any atom is -0.429 e. The molecular weight excluding hydrogens is 987 g/mol. The molecule has 0 radical (unpaired) electrons. The van der Waals surface area contributed by atoms with Crippen LogP contribution >= 0.6 is 0 Å². The number of allylic oxidation sites excluding steroid dienone is 1. The number of nitrogens with zero attached hydrogens (tertiary/aromatic N) is 1. The Morgan fingerprint density at radius 3 is 2.18 bits per heavy atom. The maximum atomic E-state index is 13.9. The van der Waals surface area contributed by atoms with Crippen LogP contribution in [0.15, 0.2) is 90.5 Å². The zero-order valence-electron chi connectivity index (χ0n) is 47.3. The molecule has 0 spiro atoms. The van der Waals surface area contributed by atoms with Crippen LogP contribution in [0.2, 0.25) is 0 Å². The maximum absolute atomic E-state index is 13.9. The highest BCUT2D eigenvalue weighted by Gasteiger charge is 2.59. The zero-order valence-corrected chi connectivity index (χ0v) is 47.3. The topological polar surface area (TPSA) is 204 Å². The Labute approximate surface area is 462 Å². The lowest BCUT2D eigenvalue weighted by Gasteiger charge is -2.58. The van der Waals surface area contributed by atoms with Crippen molar-refractivity contribution in [2.75, 3.05) is 18.5 Å². The average molecular weight is 1070 g/mol. The molecule has 0 bridgehead atoms. The first-order chi connectivity index (χ1) is 37.3. The van der Waals surface area contributed by atoms with Gasteiger partial charge < -0.3 is 35.5 Å². The van der Waals surface area contributed by atoms with Gasteiger partial charge >= 0.3 is 6.16 Å². The van der Waals surface area contributed by atoms with Crippen LogP contribution in [0, 0.1) is 62.4 Å². The van der Waals surface area contributed by atoms with Gasteiger partial charge in [-0.1, -0.05) is 122 Å². The van der Waals surface area contributed by atoms with E-state index in [-0.39, 0.29) is 60.7 Å². The van der Waals surface area contributed by atoms with Crippen molar-refractivity contribution in [1.29, 1.82) is 0 Å². The summed E-state index contributed by atoms with van der Waals surface area (Å²) in [4.78, 5) is 76.6. The van der Waals surface area contributed by atoms with Crippen LogP contribution in [0.1, 0.15) is 156 Å².